The molecule has 0 saturated carbocycles. The van der Waals surface area contributed by atoms with Crippen LogP contribution in [0.15, 0.2) is 24.3 Å². The minimum Gasteiger partial charge on any atom is -0.392 e. The van der Waals surface area contributed by atoms with Crippen molar-refractivity contribution in [1.82, 2.24) is 10.6 Å². The Kier molecular flexibility index (Phi) is 5.97. The average molecular weight is 290 g/mol. The number of carbonyl (C=O) groups is 1. The molecule has 0 aliphatic heterocycles. The van der Waals surface area contributed by atoms with Crippen LogP contribution >= 0.6 is 0 Å². The molecule has 0 fully saturated rings. The molecule has 0 radical (unpaired) electrons. The van der Waals surface area contributed by atoms with E-state index < -0.39 is 23.8 Å². The lowest BCUT2D eigenvalue weighted by Gasteiger charge is -2.09. The van der Waals surface area contributed by atoms with Crippen molar-refractivity contribution in [1.29, 1.82) is 0 Å². The molecule has 0 saturated heterocycles. The summed E-state index contributed by atoms with van der Waals surface area (Å²) < 4.78 is 37.0. The van der Waals surface area contributed by atoms with E-state index in [4.69, 9.17) is 5.11 Å². The van der Waals surface area contributed by atoms with Gasteiger partial charge in [0, 0.05) is 25.2 Å². The highest BCUT2D eigenvalue weighted by Gasteiger charge is 2.30. The van der Waals surface area contributed by atoms with E-state index >= 15 is 0 Å². The topological polar surface area (TPSA) is 61.4 Å². The van der Waals surface area contributed by atoms with Gasteiger partial charge in [0.05, 0.1) is 11.7 Å². The van der Waals surface area contributed by atoms with E-state index in [1.54, 1.807) is 6.92 Å². The van der Waals surface area contributed by atoms with Crippen molar-refractivity contribution in [3.8, 4) is 0 Å². The molecule has 1 unspecified atom stereocenters. The van der Waals surface area contributed by atoms with E-state index in [0.717, 1.165) is 24.3 Å². The maximum atomic E-state index is 12.3. The second kappa shape index (κ2) is 7.25. The third-order valence-corrected chi connectivity index (χ3v) is 2.50. The lowest BCUT2D eigenvalue weighted by atomic mass is 10.1. The summed E-state index contributed by atoms with van der Waals surface area (Å²) in [5, 5.41) is 14.5. The van der Waals surface area contributed by atoms with Crippen molar-refractivity contribution < 1.29 is 23.1 Å². The number of aliphatic hydroxyl groups is 1. The Morgan fingerprint density at radius 3 is 2.35 bits per heavy atom. The van der Waals surface area contributed by atoms with E-state index in [2.05, 4.69) is 10.6 Å². The highest BCUT2D eigenvalue weighted by atomic mass is 19.4. The van der Waals surface area contributed by atoms with Crippen LogP contribution in [0.3, 0.4) is 0 Å². The molecule has 20 heavy (non-hydrogen) atoms. The highest BCUT2D eigenvalue weighted by Crippen LogP contribution is 2.28. The molecule has 0 aliphatic carbocycles. The van der Waals surface area contributed by atoms with Crippen LogP contribution in [0.4, 0.5) is 13.2 Å². The van der Waals surface area contributed by atoms with E-state index in [1.165, 1.54) is 0 Å². The van der Waals surface area contributed by atoms with Gasteiger partial charge in [-0.25, -0.2) is 0 Å². The molecule has 1 amide bonds. The summed E-state index contributed by atoms with van der Waals surface area (Å²) in [6.07, 6.45) is -4.87. The number of carbonyl (C=O) groups excluding carboxylic acids is 1. The zero-order valence-corrected chi connectivity index (χ0v) is 11.0. The third kappa shape index (κ3) is 5.58. The van der Waals surface area contributed by atoms with Crippen LogP contribution in [-0.4, -0.2) is 36.8 Å². The molecule has 1 rings (SSSR count). The lowest BCUT2D eigenvalue weighted by molar-refractivity contribution is -0.137. The minimum atomic E-state index is -4.40. The van der Waals surface area contributed by atoms with E-state index in [9.17, 15) is 18.0 Å². The summed E-state index contributed by atoms with van der Waals surface area (Å²) in [6, 6.07) is 4.03. The van der Waals surface area contributed by atoms with Gasteiger partial charge in [-0.1, -0.05) is 0 Å². The fourth-order valence-electron chi connectivity index (χ4n) is 1.49. The molecule has 0 bridgehead atoms. The van der Waals surface area contributed by atoms with Crippen LogP contribution in [0, 0.1) is 0 Å². The van der Waals surface area contributed by atoms with Crippen molar-refractivity contribution in [2.45, 2.75) is 19.2 Å². The van der Waals surface area contributed by atoms with Crippen LogP contribution < -0.4 is 10.6 Å². The number of amides is 1. The number of rotatable bonds is 6. The average Bonchev–Trinajstić information content (AvgIpc) is 2.37. The molecule has 7 heteroatoms. The molecule has 0 heterocycles. The maximum Gasteiger partial charge on any atom is 0.416 e. The summed E-state index contributed by atoms with van der Waals surface area (Å²) >= 11 is 0. The van der Waals surface area contributed by atoms with Crippen molar-refractivity contribution in [2.75, 3.05) is 19.6 Å². The van der Waals surface area contributed by atoms with Crippen LogP contribution in [0.1, 0.15) is 22.8 Å². The van der Waals surface area contributed by atoms with Crippen LogP contribution in [0.25, 0.3) is 0 Å². The summed E-state index contributed by atoms with van der Waals surface area (Å²) in [5.41, 5.74) is -0.610. The zero-order valence-electron chi connectivity index (χ0n) is 11.0. The Hall–Kier alpha value is -1.60. The van der Waals surface area contributed by atoms with Gasteiger partial charge < -0.3 is 15.7 Å². The summed E-state index contributed by atoms with van der Waals surface area (Å²) in [7, 11) is 0. The normalized spacial score (nSPS) is 13.1. The van der Waals surface area contributed by atoms with E-state index in [-0.39, 0.29) is 5.56 Å². The molecule has 4 nitrogen and oxygen atoms in total. The van der Waals surface area contributed by atoms with Gasteiger partial charge >= 0.3 is 6.18 Å². The molecule has 0 aromatic heterocycles. The predicted molar refractivity (Wildman–Crippen MR) is 68.3 cm³/mol. The predicted octanol–water partition coefficient (Wildman–Crippen LogP) is 1.41. The molecule has 112 valence electrons. The van der Waals surface area contributed by atoms with Crippen molar-refractivity contribution >= 4 is 5.91 Å². The first-order valence-electron chi connectivity index (χ1n) is 6.15. The first kappa shape index (κ1) is 16.5. The largest absolute Gasteiger partial charge is 0.416 e. The smallest absolute Gasteiger partial charge is 0.392 e. The quantitative estimate of drug-likeness (QED) is 0.694. The first-order valence-corrected chi connectivity index (χ1v) is 6.15. The summed E-state index contributed by atoms with van der Waals surface area (Å²) in [6.45, 7) is 2.84. The Balaban J connectivity index is 2.40. The van der Waals surface area contributed by atoms with Crippen molar-refractivity contribution in [3.05, 3.63) is 35.4 Å². The number of halogens is 3. The summed E-state index contributed by atoms with van der Waals surface area (Å²) in [4.78, 5) is 11.6. The van der Waals surface area contributed by atoms with Gasteiger partial charge in [-0.05, 0) is 31.2 Å². The van der Waals surface area contributed by atoms with Crippen LogP contribution in [-0.2, 0) is 6.18 Å². The fraction of sp³-hybridized carbons (Fsp3) is 0.462. The number of aliphatic hydroxyl groups excluding tert-OH is 1. The van der Waals surface area contributed by atoms with Crippen molar-refractivity contribution in [2.24, 2.45) is 0 Å². The number of nitrogens with one attached hydrogen (secondary N) is 2. The monoisotopic (exact) mass is 290 g/mol. The Bertz CT molecular complexity index is 430. The maximum absolute atomic E-state index is 12.3. The van der Waals surface area contributed by atoms with E-state index in [0.29, 0.717) is 19.6 Å². The van der Waals surface area contributed by atoms with Gasteiger partial charge in [0.2, 0.25) is 0 Å². The molecular weight excluding hydrogens is 273 g/mol. The third-order valence-electron chi connectivity index (χ3n) is 2.50. The Morgan fingerprint density at radius 1 is 1.25 bits per heavy atom. The van der Waals surface area contributed by atoms with Crippen LogP contribution in [0.5, 0.6) is 0 Å². The minimum absolute atomic E-state index is 0.175. The van der Waals surface area contributed by atoms with Crippen LogP contribution in [0.2, 0.25) is 0 Å². The fourth-order valence-corrected chi connectivity index (χ4v) is 1.49. The van der Waals surface area contributed by atoms with E-state index in [1.807, 2.05) is 0 Å². The number of alkyl halides is 3. The number of hydrogen-bond donors (Lipinski definition) is 3. The van der Waals surface area contributed by atoms with Gasteiger partial charge in [-0.15, -0.1) is 0 Å². The zero-order chi connectivity index (χ0) is 15.2. The van der Waals surface area contributed by atoms with Gasteiger partial charge in [0.1, 0.15) is 0 Å². The van der Waals surface area contributed by atoms with Gasteiger partial charge in [0.15, 0.2) is 0 Å². The molecule has 3 N–H and O–H groups in total. The molecule has 1 atom stereocenters. The second-order valence-corrected chi connectivity index (χ2v) is 4.38. The standard InChI is InChI=1S/C13H17F3N2O2/c1-9(19)8-17-6-7-18-12(20)10-2-4-11(5-3-10)13(14,15)16/h2-5,9,17,19H,6-8H2,1H3,(H,18,20). The van der Waals surface area contributed by atoms with Gasteiger partial charge in [-0.3, -0.25) is 4.79 Å². The SMILES string of the molecule is CC(O)CNCCNC(=O)c1ccc(C(F)(F)F)cc1. The second-order valence-electron chi connectivity index (χ2n) is 4.38. The molecular formula is C13H17F3N2O2. The Morgan fingerprint density at radius 2 is 1.85 bits per heavy atom. The molecule has 1 aromatic carbocycles. The first-order chi connectivity index (χ1) is 9.30. The van der Waals surface area contributed by atoms with Gasteiger partial charge in [0.25, 0.3) is 5.91 Å². The van der Waals surface area contributed by atoms with Crippen molar-refractivity contribution in [3.63, 3.8) is 0 Å². The van der Waals surface area contributed by atoms with Gasteiger partial charge in [-0.2, -0.15) is 13.2 Å². The highest BCUT2D eigenvalue weighted by molar-refractivity contribution is 5.94. The lowest BCUT2D eigenvalue weighted by Crippen LogP contribution is -2.34. The molecule has 1 aromatic rings. The molecule has 0 aliphatic rings. The Labute approximate surface area is 115 Å². The number of benzene rings is 1. The number of hydrogen-bond acceptors (Lipinski definition) is 3. The molecule has 0 spiro atoms. The summed E-state index contributed by atoms with van der Waals surface area (Å²) in [5.74, 6) is -0.433.